The molecule has 3 atom stereocenters. The fraction of sp³-hybridized carbons (Fsp3) is 0.513. The highest BCUT2D eigenvalue weighted by Gasteiger charge is 2.41. The molecule has 13 nitrogen and oxygen atoms in total. The van der Waals surface area contributed by atoms with E-state index >= 15 is 0 Å². The Hall–Kier alpha value is -4.48. The average molecular weight is 751 g/mol. The molecule has 0 saturated carbocycles. The summed E-state index contributed by atoms with van der Waals surface area (Å²) in [6.07, 6.45) is 8.10. The Balaban J connectivity index is 1.05. The SMILES string of the molecule is C/C=C1\C[C@H]2CNc3cc(OCCCP(=O)(CCCO)CCCOc4cc5c(cc4OC)C(=O)N4C/C(=C/C)C[C@H]4C(=O)N5)c(OC)cc3C(=O)N2C1. The topological polar surface area (TPSA) is 156 Å². The Bertz CT molecular complexity index is 1840. The van der Waals surface area contributed by atoms with Crippen LogP contribution in [0.2, 0.25) is 0 Å². The molecular weight excluding hydrogens is 699 g/mol. The summed E-state index contributed by atoms with van der Waals surface area (Å²) in [5.74, 6) is 1.20. The predicted molar refractivity (Wildman–Crippen MR) is 204 cm³/mol. The smallest absolute Gasteiger partial charge is 0.257 e. The van der Waals surface area contributed by atoms with E-state index < -0.39 is 13.2 Å². The van der Waals surface area contributed by atoms with Crippen LogP contribution in [0.5, 0.6) is 23.0 Å². The van der Waals surface area contributed by atoms with Gasteiger partial charge in [-0.25, -0.2) is 0 Å². The molecule has 0 aromatic heterocycles. The number of nitrogens with zero attached hydrogens (tertiary/aromatic N) is 2. The molecule has 3 amide bonds. The number of anilines is 2. The van der Waals surface area contributed by atoms with Gasteiger partial charge >= 0.3 is 0 Å². The number of aliphatic hydroxyl groups is 1. The van der Waals surface area contributed by atoms with Crippen molar-refractivity contribution in [1.82, 2.24) is 9.80 Å². The van der Waals surface area contributed by atoms with Gasteiger partial charge in [0.1, 0.15) is 6.04 Å². The summed E-state index contributed by atoms with van der Waals surface area (Å²) in [6.45, 7) is 6.09. The number of ether oxygens (including phenoxy) is 4. The standard InChI is InChI=1S/C39H51N4O9P/c1-5-25-16-27-22-40-30-20-35(33(49-3)18-28(30)38(46)42(27)23-25)51-11-8-14-53(48,13-7-10-44)15-9-12-52-36-21-31-29(19-34(36)50-4)39(47)43-24-26(6-2)17-32(43)37(45)41-31/h5-6,18-21,27,32,40,44H,7-17,22-24H2,1-4H3,(H,41,45)/b25-5+,26-6+/t27-,32-,53?/m0/s1. The number of rotatable bonds is 15. The maximum atomic E-state index is 14.1. The molecule has 6 rings (SSSR count). The van der Waals surface area contributed by atoms with Gasteiger partial charge in [-0.2, -0.15) is 0 Å². The highest BCUT2D eigenvalue weighted by atomic mass is 31.2. The van der Waals surface area contributed by atoms with E-state index in [9.17, 15) is 24.1 Å². The Morgan fingerprint density at radius 2 is 1.32 bits per heavy atom. The summed E-state index contributed by atoms with van der Waals surface area (Å²) in [5, 5.41) is 15.9. The van der Waals surface area contributed by atoms with Crippen molar-refractivity contribution < 1.29 is 43.0 Å². The summed E-state index contributed by atoms with van der Waals surface area (Å²) in [5.41, 5.74) is 4.28. The molecule has 4 aliphatic heterocycles. The first-order valence-corrected chi connectivity index (χ1v) is 20.7. The number of carbonyl (C=O) groups is 3. The lowest BCUT2D eigenvalue weighted by Gasteiger charge is -2.21. The van der Waals surface area contributed by atoms with Crippen LogP contribution in [0.1, 0.15) is 66.7 Å². The van der Waals surface area contributed by atoms with Crippen LogP contribution in [0.4, 0.5) is 11.4 Å². The lowest BCUT2D eigenvalue weighted by Crippen LogP contribution is -2.40. The summed E-state index contributed by atoms with van der Waals surface area (Å²) in [7, 11) is 0.353. The zero-order valence-electron chi connectivity index (χ0n) is 31.1. The zero-order valence-corrected chi connectivity index (χ0v) is 32.0. The molecule has 286 valence electrons. The second-order valence-corrected chi connectivity index (χ2v) is 17.5. The quantitative estimate of drug-likeness (QED) is 0.123. The van der Waals surface area contributed by atoms with Crippen molar-refractivity contribution in [2.45, 2.75) is 58.0 Å². The molecule has 4 heterocycles. The van der Waals surface area contributed by atoms with Gasteiger partial charge in [0.05, 0.1) is 63.1 Å². The van der Waals surface area contributed by atoms with Gasteiger partial charge in [-0.15, -0.1) is 0 Å². The molecule has 14 heteroatoms. The van der Waals surface area contributed by atoms with Gasteiger partial charge in [0, 0.05) is 56.9 Å². The van der Waals surface area contributed by atoms with Gasteiger partial charge in [0.25, 0.3) is 11.8 Å². The lowest BCUT2D eigenvalue weighted by molar-refractivity contribution is -0.119. The summed E-state index contributed by atoms with van der Waals surface area (Å²) >= 11 is 0. The minimum absolute atomic E-state index is 0.0310. The number of hydrogen-bond donors (Lipinski definition) is 3. The second kappa shape index (κ2) is 16.7. The molecule has 4 aliphatic rings. The van der Waals surface area contributed by atoms with E-state index in [1.54, 1.807) is 30.2 Å². The van der Waals surface area contributed by atoms with Gasteiger partial charge in [-0.1, -0.05) is 23.3 Å². The predicted octanol–water partition coefficient (Wildman–Crippen LogP) is 5.39. The van der Waals surface area contributed by atoms with Crippen molar-refractivity contribution in [2.75, 3.05) is 82.8 Å². The Kier molecular flexibility index (Phi) is 12.0. The molecule has 0 radical (unpaired) electrons. The highest BCUT2D eigenvalue weighted by Crippen LogP contribution is 2.48. The molecule has 0 spiro atoms. The minimum atomic E-state index is -2.69. The van der Waals surface area contributed by atoms with E-state index in [0.29, 0.717) is 116 Å². The summed E-state index contributed by atoms with van der Waals surface area (Å²) in [6, 6.07) is 6.30. The van der Waals surface area contributed by atoms with Crippen LogP contribution in [-0.4, -0.2) is 117 Å². The van der Waals surface area contributed by atoms with Crippen LogP contribution in [0.25, 0.3) is 0 Å². The first kappa shape index (κ1) is 38.3. The van der Waals surface area contributed by atoms with Crippen LogP contribution in [0, 0.1) is 0 Å². The third-order valence-corrected chi connectivity index (χ3v) is 14.1. The number of benzene rings is 2. The minimum Gasteiger partial charge on any atom is -0.493 e. The first-order valence-electron chi connectivity index (χ1n) is 18.4. The van der Waals surface area contributed by atoms with Crippen LogP contribution >= 0.6 is 7.14 Å². The molecule has 2 saturated heterocycles. The second-order valence-electron chi connectivity index (χ2n) is 14.0. The zero-order chi connectivity index (χ0) is 37.7. The number of aliphatic hydroxyl groups excluding tert-OH is 1. The number of amides is 3. The number of methoxy groups -OCH3 is 2. The fourth-order valence-electron chi connectivity index (χ4n) is 7.65. The first-order chi connectivity index (χ1) is 25.6. The van der Waals surface area contributed by atoms with Gasteiger partial charge in [0.2, 0.25) is 5.91 Å². The fourth-order valence-corrected chi connectivity index (χ4v) is 10.4. The summed E-state index contributed by atoms with van der Waals surface area (Å²) in [4.78, 5) is 43.5. The van der Waals surface area contributed by atoms with E-state index in [1.165, 1.54) is 12.7 Å². The molecule has 0 bridgehead atoms. The molecule has 1 unspecified atom stereocenters. The van der Waals surface area contributed by atoms with Crippen molar-refractivity contribution >= 4 is 36.2 Å². The normalized spacial score (nSPS) is 21.9. The van der Waals surface area contributed by atoms with Crippen LogP contribution < -0.4 is 29.6 Å². The molecule has 2 aromatic rings. The average Bonchev–Trinajstić information content (AvgIpc) is 3.76. The third-order valence-electron chi connectivity index (χ3n) is 10.7. The van der Waals surface area contributed by atoms with Crippen molar-refractivity contribution in [3.63, 3.8) is 0 Å². The molecular formula is C39H51N4O9P. The number of allylic oxidation sites excluding steroid dienone is 2. The van der Waals surface area contributed by atoms with Gasteiger partial charge < -0.3 is 49.1 Å². The Morgan fingerprint density at radius 1 is 0.774 bits per heavy atom. The third kappa shape index (κ3) is 8.21. The van der Waals surface area contributed by atoms with Gasteiger partial charge in [0.15, 0.2) is 23.0 Å². The number of fused-ring (bicyclic) bond motifs is 4. The van der Waals surface area contributed by atoms with Crippen molar-refractivity contribution in [1.29, 1.82) is 0 Å². The van der Waals surface area contributed by atoms with Gasteiger partial charge in [-0.05, 0) is 58.1 Å². The summed E-state index contributed by atoms with van der Waals surface area (Å²) < 4.78 is 37.5. The maximum absolute atomic E-state index is 14.1. The molecule has 53 heavy (non-hydrogen) atoms. The molecule has 3 N–H and O–H groups in total. The Labute approximate surface area is 311 Å². The molecule has 0 aliphatic carbocycles. The van der Waals surface area contributed by atoms with E-state index in [1.807, 2.05) is 30.9 Å². The van der Waals surface area contributed by atoms with Crippen molar-refractivity contribution in [2.24, 2.45) is 0 Å². The Morgan fingerprint density at radius 3 is 1.92 bits per heavy atom. The van der Waals surface area contributed by atoms with E-state index in [4.69, 9.17) is 18.9 Å². The van der Waals surface area contributed by atoms with Crippen molar-refractivity contribution in [3.05, 3.63) is 58.7 Å². The lowest BCUT2D eigenvalue weighted by atomic mass is 10.1. The van der Waals surface area contributed by atoms with Crippen LogP contribution in [0.15, 0.2) is 47.6 Å². The van der Waals surface area contributed by atoms with E-state index in [-0.39, 0.29) is 37.0 Å². The number of carbonyl (C=O) groups excluding carboxylic acids is 3. The molecule has 2 fully saturated rings. The number of nitrogens with one attached hydrogen (secondary N) is 2. The highest BCUT2D eigenvalue weighted by molar-refractivity contribution is 7.63. The monoisotopic (exact) mass is 750 g/mol. The van der Waals surface area contributed by atoms with E-state index in [2.05, 4.69) is 16.7 Å². The molecule has 2 aromatic carbocycles. The van der Waals surface area contributed by atoms with Crippen molar-refractivity contribution in [3.8, 4) is 23.0 Å². The van der Waals surface area contributed by atoms with Crippen LogP contribution in [-0.2, 0) is 9.36 Å². The van der Waals surface area contributed by atoms with Crippen LogP contribution in [0.3, 0.4) is 0 Å². The van der Waals surface area contributed by atoms with E-state index in [0.717, 1.165) is 12.0 Å². The largest absolute Gasteiger partial charge is 0.493 e. The maximum Gasteiger partial charge on any atom is 0.257 e. The van der Waals surface area contributed by atoms with Gasteiger partial charge in [-0.3, -0.25) is 14.4 Å². The number of hydrogen-bond acceptors (Lipinski definition) is 10.